The molecule has 0 aromatic carbocycles. The highest BCUT2D eigenvalue weighted by Gasteiger charge is 2.32. The summed E-state index contributed by atoms with van der Waals surface area (Å²) in [7, 11) is 1.83. The van der Waals surface area contributed by atoms with Crippen LogP contribution in [0.1, 0.15) is 24.1 Å². The first-order valence-corrected chi connectivity index (χ1v) is 7.02. The Bertz CT molecular complexity index is 407. The molecular weight excluding hydrogens is 256 g/mol. The number of hydrogen-bond donors (Lipinski definition) is 1. The second-order valence-electron chi connectivity index (χ2n) is 4.60. The lowest BCUT2D eigenvalue weighted by atomic mass is 10.0. The number of hydrogen-bond acceptors (Lipinski definition) is 3. The van der Waals surface area contributed by atoms with Crippen molar-refractivity contribution in [3.05, 3.63) is 21.3 Å². The second kappa shape index (κ2) is 5.38. The lowest BCUT2D eigenvalue weighted by molar-refractivity contribution is -0.134. The van der Waals surface area contributed by atoms with Gasteiger partial charge in [0.15, 0.2) is 0 Å². The van der Waals surface area contributed by atoms with Crippen LogP contribution in [-0.4, -0.2) is 23.9 Å². The molecule has 0 unspecified atom stereocenters. The van der Waals surface area contributed by atoms with Gasteiger partial charge < -0.3 is 10.6 Å². The molecule has 1 aliphatic rings. The van der Waals surface area contributed by atoms with E-state index in [1.54, 1.807) is 4.90 Å². The van der Waals surface area contributed by atoms with E-state index in [4.69, 9.17) is 17.3 Å². The maximum atomic E-state index is 12.2. The fourth-order valence-electron chi connectivity index (χ4n) is 2.33. The summed E-state index contributed by atoms with van der Waals surface area (Å²) >= 11 is 7.39. The highest BCUT2D eigenvalue weighted by Crippen LogP contribution is 2.27. The molecule has 1 amide bonds. The summed E-state index contributed by atoms with van der Waals surface area (Å²) in [5.74, 6) is 0.176. The van der Waals surface area contributed by atoms with E-state index in [0.29, 0.717) is 6.54 Å². The summed E-state index contributed by atoms with van der Waals surface area (Å²) < 4.78 is 0.762. The first kappa shape index (κ1) is 12.9. The zero-order chi connectivity index (χ0) is 12.4. The maximum Gasteiger partial charge on any atom is 0.227 e. The summed E-state index contributed by atoms with van der Waals surface area (Å²) in [4.78, 5) is 15.1. The molecule has 5 heteroatoms. The molecule has 94 valence electrons. The summed E-state index contributed by atoms with van der Waals surface area (Å²) in [6.45, 7) is 0.624. The van der Waals surface area contributed by atoms with Crippen LogP contribution in [0.5, 0.6) is 0 Å². The van der Waals surface area contributed by atoms with Crippen LogP contribution in [0.2, 0.25) is 4.34 Å². The molecule has 0 spiro atoms. The van der Waals surface area contributed by atoms with Gasteiger partial charge in [0, 0.05) is 18.0 Å². The number of nitrogens with zero attached hydrogens (tertiary/aromatic N) is 1. The predicted molar refractivity (Wildman–Crippen MR) is 71.1 cm³/mol. The van der Waals surface area contributed by atoms with Crippen molar-refractivity contribution in [3.8, 4) is 0 Å². The third-order valence-corrected chi connectivity index (χ3v) is 4.50. The summed E-state index contributed by atoms with van der Waals surface area (Å²) in [5.41, 5.74) is 5.95. The summed E-state index contributed by atoms with van der Waals surface area (Å²) in [6, 6.07) is 3.86. The molecule has 0 bridgehead atoms. The molecule has 2 N–H and O–H groups in total. The van der Waals surface area contributed by atoms with E-state index in [-0.39, 0.29) is 17.9 Å². The molecule has 0 radical (unpaired) electrons. The van der Waals surface area contributed by atoms with Crippen LogP contribution in [0.15, 0.2) is 12.1 Å². The van der Waals surface area contributed by atoms with Gasteiger partial charge in [0.25, 0.3) is 0 Å². The van der Waals surface area contributed by atoms with Gasteiger partial charge in [-0.1, -0.05) is 18.0 Å². The van der Waals surface area contributed by atoms with Gasteiger partial charge in [-0.25, -0.2) is 0 Å². The van der Waals surface area contributed by atoms with Crippen molar-refractivity contribution in [2.75, 3.05) is 7.05 Å². The van der Waals surface area contributed by atoms with E-state index in [1.807, 2.05) is 19.2 Å². The lowest BCUT2D eigenvalue weighted by Crippen LogP contribution is -2.39. The van der Waals surface area contributed by atoms with Gasteiger partial charge in [-0.3, -0.25) is 4.79 Å². The minimum atomic E-state index is 0.00966. The smallest absolute Gasteiger partial charge is 0.227 e. The molecule has 1 aliphatic carbocycles. The molecule has 17 heavy (non-hydrogen) atoms. The van der Waals surface area contributed by atoms with Gasteiger partial charge in [-0.2, -0.15) is 0 Å². The number of nitrogens with two attached hydrogens (primary N) is 1. The first-order chi connectivity index (χ1) is 8.08. The normalized spacial score (nSPS) is 23.9. The van der Waals surface area contributed by atoms with Gasteiger partial charge in [-0.05, 0) is 25.0 Å². The van der Waals surface area contributed by atoms with Crippen LogP contribution in [0.25, 0.3) is 0 Å². The van der Waals surface area contributed by atoms with E-state index < -0.39 is 0 Å². The van der Waals surface area contributed by atoms with Crippen molar-refractivity contribution in [2.45, 2.75) is 31.8 Å². The van der Waals surface area contributed by atoms with Crippen LogP contribution >= 0.6 is 22.9 Å². The number of rotatable bonds is 3. The average Bonchev–Trinajstić information content (AvgIpc) is 2.86. The molecule has 3 nitrogen and oxygen atoms in total. The van der Waals surface area contributed by atoms with Crippen molar-refractivity contribution in [2.24, 2.45) is 11.7 Å². The molecular formula is C12H17ClN2OS. The maximum absolute atomic E-state index is 12.2. The van der Waals surface area contributed by atoms with Crippen LogP contribution in [0, 0.1) is 5.92 Å². The van der Waals surface area contributed by atoms with E-state index >= 15 is 0 Å². The first-order valence-electron chi connectivity index (χ1n) is 5.82. The minimum absolute atomic E-state index is 0.00966. The van der Waals surface area contributed by atoms with E-state index in [1.165, 1.54) is 11.3 Å². The van der Waals surface area contributed by atoms with Gasteiger partial charge >= 0.3 is 0 Å². The Morgan fingerprint density at radius 1 is 1.59 bits per heavy atom. The third kappa shape index (κ3) is 3.00. The second-order valence-corrected chi connectivity index (χ2v) is 6.40. The largest absolute Gasteiger partial charge is 0.340 e. The number of halogens is 1. The Hall–Kier alpha value is -0.580. The Kier molecular flexibility index (Phi) is 4.07. The molecule has 1 fully saturated rings. The van der Waals surface area contributed by atoms with Gasteiger partial charge in [0.05, 0.1) is 16.8 Å². The average molecular weight is 273 g/mol. The molecule has 2 rings (SSSR count). The van der Waals surface area contributed by atoms with Crippen LogP contribution in [0.4, 0.5) is 0 Å². The molecule has 1 aromatic rings. The molecule has 2 atom stereocenters. The fourth-order valence-corrected chi connectivity index (χ4v) is 3.47. The molecule has 0 saturated heterocycles. The van der Waals surface area contributed by atoms with Crippen LogP contribution in [-0.2, 0) is 11.3 Å². The van der Waals surface area contributed by atoms with E-state index in [2.05, 4.69) is 0 Å². The van der Waals surface area contributed by atoms with Crippen molar-refractivity contribution in [1.82, 2.24) is 4.90 Å². The number of carbonyl (C=O) groups is 1. The monoisotopic (exact) mass is 272 g/mol. The van der Waals surface area contributed by atoms with Crippen LogP contribution in [0.3, 0.4) is 0 Å². The Morgan fingerprint density at radius 3 is 2.88 bits per heavy atom. The van der Waals surface area contributed by atoms with Crippen LogP contribution < -0.4 is 5.73 Å². The number of carbonyl (C=O) groups excluding carboxylic acids is 1. The van der Waals surface area contributed by atoms with Gasteiger partial charge in [-0.15, -0.1) is 11.3 Å². The highest BCUT2D eigenvalue weighted by atomic mass is 35.5. The lowest BCUT2D eigenvalue weighted by Gasteiger charge is -2.22. The van der Waals surface area contributed by atoms with Crippen molar-refractivity contribution in [1.29, 1.82) is 0 Å². The van der Waals surface area contributed by atoms with Gasteiger partial charge in [0.2, 0.25) is 5.91 Å². The van der Waals surface area contributed by atoms with Crippen molar-refractivity contribution < 1.29 is 4.79 Å². The quantitative estimate of drug-likeness (QED) is 0.919. The summed E-state index contributed by atoms with van der Waals surface area (Å²) in [5, 5.41) is 0. The van der Waals surface area contributed by atoms with E-state index in [9.17, 15) is 4.79 Å². The van der Waals surface area contributed by atoms with Crippen molar-refractivity contribution in [3.63, 3.8) is 0 Å². The zero-order valence-corrected chi connectivity index (χ0v) is 11.4. The Morgan fingerprint density at radius 2 is 2.35 bits per heavy atom. The zero-order valence-electron chi connectivity index (χ0n) is 9.86. The Labute approximate surface area is 111 Å². The Balaban J connectivity index is 1.95. The highest BCUT2D eigenvalue weighted by molar-refractivity contribution is 7.16. The topological polar surface area (TPSA) is 46.3 Å². The summed E-state index contributed by atoms with van der Waals surface area (Å²) in [6.07, 6.45) is 2.96. The molecule has 1 saturated carbocycles. The van der Waals surface area contributed by atoms with E-state index in [0.717, 1.165) is 28.5 Å². The standard InChI is InChI=1S/C12H17ClN2OS/c1-15(7-8-5-6-11(13)17-8)12(16)9-3-2-4-10(9)14/h5-6,9-10H,2-4,7,14H2,1H3/t9-,10+/m0/s1. The van der Waals surface area contributed by atoms with Gasteiger partial charge in [0.1, 0.15) is 0 Å². The minimum Gasteiger partial charge on any atom is -0.340 e. The fraction of sp³-hybridized carbons (Fsp3) is 0.583. The molecule has 1 aromatic heterocycles. The predicted octanol–water partition coefficient (Wildman–Crippen LogP) is 2.49. The third-order valence-electron chi connectivity index (χ3n) is 3.28. The number of amides is 1. The SMILES string of the molecule is CN(Cc1ccc(Cl)s1)C(=O)[C@H]1CCC[C@H]1N. The molecule has 1 heterocycles. The molecule has 0 aliphatic heterocycles. The van der Waals surface area contributed by atoms with Crippen molar-refractivity contribution >= 4 is 28.8 Å². The number of thiophene rings is 1.